The number of rotatable bonds is 6. The first-order chi connectivity index (χ1) is 13.8. The van der Waals surface area contributed by atoms with Gasteiger partial charge in [-0.15, -0.1) is 0 Å². The number of hydrogen-bond donors (Lipinski definition) is 2. The van der Waals surface area contributed by atoms with Crippen LogP contribution in [0.1, 0.15) is 5.56 Å². The Morgan fingerprint density at radius 1 is 0.966 bits per heavy atom. The highest BCUT2D eigenvalue weighted by Crippen LogP contribution is 2.26. The maximum Gasteiger partial charge on any atom is 0.270 e. The predicted octanol–water partition coefficient (Wildman–Crippen LogP) is 4.15. The fraction of sp³-hybridized carbons (Fsp3) is 0. The maximum atomic E-state index is 13.0. The first kappa shape index (κ1) is 19.8. The van der Waals surface area contributed by atoms with Crippen LogP contribution >= 0.6 is 0 Å². The average molecular weight is 412 g/mol. The second-order valence-electron chi connectivity index (χ2n) is 5.86. The van der Waals surface area contributed by atoms with Gasteiger partial charge in [-0.05, 0) is 54.6 Å². The van der Waals surface area contributed by atoms with Crippen LogP contribution in [0, 0.1) is 27.3 Å². The van der Waals surface area contributed by atoms with Gasteiger partial charge in [0, 0.05) is 23.5 Å². The van der Waals surface area contributed by atoms with E-state index in [2.05, 4.69) is 10.0 Å². The predicted molar refractivity (Wildman–Crippen MR) is 105 cm³/mol. The summed E-state index contributed by atoms with van der Waals surface area (Å²) in [7, 11) is -3.87. The second-order valence-corrected chi connectivity index (χ2v) is 7.54. The van der Waals surface area contributed by atoms with E-state index in [0.717, 1.165) is 30.3 Å². The first-order valence-electron chi connectivity index (χ1n) is 8.12. The van der Waals surface area contributed by atoms with Gasteiger partial charge in [-0.3, -0.25) is 14.8 Å². The number of nitrogens with one attached hydrogen (secondary N) is 2. The standard InChI is InChI=1S/C19H13FN4O4S/c20-14-1-8-18(9-2-14)29(27,28)23-16-5-3-15(4-6-16)22-19-10-7-17(24(25)26)11-13(19)12-21/h1-11,22-23H. The number of nitro groups is 1. The Morgan fingerprint density at radius 3 is 2.17 bits per heavy atom. The van der Waals surface area contributed by atoms with Gasteiger partial charge in [0.15, 0.2) is 0 Å². The molecule has 3 aromatic carbocycles. The van der Waals surface area contributed by atoms with Gasteiger partial charge < -0.3 is 5.32 Å². The topological polar surface area (TPSA) is 125 Å². The molecule has 8 nitrogen and oxygen atoms in total. The zero-order valence-corrected chi connectivity index (χ0v) is 15.5. The van der Waals surface area contributed by atoms with E-state index in [-0.39, 0.29) is 21.8 Å². The zero-order chi connectivity index (χ0) is 21.0. The molecule has 0 saturated heterocycles. The Balaban J connectivity index is 1.76. The van der Waals surface area contributed by atoms with E-state index >= 15 is 0 Å². The minimum absolute atomic E-state index is 0.0781. The molecule has 0 saturated carbocycles. The van der Waals surface area contributed by atoms with Crippen molar-refractivity contribution in [2.24, 2.45) is 0 Å². The smallest absolute Gasteiger partial charge is 0.270 e. The number of non-ortho nitro benzene ring substituents is 1. The summed E-state index contributed by atoms with van der Waals surface area (Å²) in [5, 5.41) is 23.0. The van der Waals surface area contributed by atoms with E-state index < -0.39 is 20.8 Å². The number of nitriles is 1. The van der Waals surface area contributed by atoms with Gasteiger partial charge in [-0.1, -0.05) is 0 Å². The molecule has 0 aliphatic rings. The summed E-state index contributed by atoms with van der Waals surface area (Å²) in [6.07, 6.45) is 0. The molecule has 2 N–H and O–H groups in total. The molecule has 0 spiro atoms. The lowest BCUT2D eigenvalue weighted by Gasteiger charge is -2.11. The van der Waals surface area contributed by atoms with Gasteiger partial charge in [0.2, 0.25) is 0 Å². The molecule has 0 heterocycles. The Morgan fingerprint density at radius 2 is 1.59 bits per heavy atom. The van der Waals surface area contributed by atoms with Crippen molar-refractivity contribution in [3.8, 4) is 6.07 Å². The summed E-state index contributed by atoms with van der Waals surface area (Å²) in [4.78, 5) is 10.1. The number of benzene rings is 3. The van der Waals surface area contributed by atoms with Gasteiger partial charge in [-0.25, -0.2) is 12.8 Å². The SMILES string of the molecule is N#Cc1cc([N+](=O)[O-])ccc1Nc1ccc(NS(=O)(=O)c2ccc(F)cc2)cc1. The van der Waals surface area contributed by atoms with Crippen molar-refractivity contribution in [2.45, 2.75) is 4.90 Å². The fourth-order valence-electron chi connectivity index (χ4n) is 2.45. The highest BCUT2D eigenvalue weighted by molar-refractivity contribution is 7.92. The van der Waals surface area contributed by atoms with Crippen molar-refractivity contribution in [1.82, 2.24) is 0 Å². The van der Waals surface area contributed by atoms with E-state index in [1.165, 1.54) is 24.3 Å². The number of sulfonamides is 1. The van der Waals surface area contributed by atoms with Crippen LogP contribution in [0.2, 0.25) is 0 Å². The van der Waals surface area contributed by atoms with E-state index in [9.17, 15) is 28.2 Å². The molecule has 0 unspecified atom stereocenters. The maximum absolute atomic E-state index is 13.0. The third kappa shape index (κ3) is 4.66. The zero-order valence-electron chi connectivity index (χ0n) is 14.7. The number of hydrogen-bond acceptors (Lipinski definition) is 6. The lowest BCUT2D eigenvalue weighted by molar-refractivity contribution is -0.384. The lowest BCUT2D eigenvalue weighted by atomic mass is 10.1. The van der Waals surface area contributed by atoms with Crippen LogP contribution in [0.25, 0.3) is 0 Å². The van der Waals surface area contributed by atoms with E-state index in [0.29, 0.717) is 11.4 Å². The van der Waals surface area contributed by atoms with E-state index in [1.807, 2.05) is 6.07 Å². The largest absolute Gasteiger partial charge is 0.354 e. The minimum atomic E-state index is -3.87. The van der Waals surface area contributed by atoms with Crippen LogP contribution < -0.4 is 10.0 Å². The number of nitro benzene ring substituents is 1. The van der Waals surface area contributed by atoms with Gasteiger partial charge in [0.1, 0.15) is 11.9 Å². The summed E-state index contributed by atoms with van der Waals surface area (Å²) < 4.78 is 40.0. The minimum Gasteiger partial charge on any atom is -0.354 e. The van der Waals surface area contributed by atoms with Gasteiger partial charge in [-0.2, -0.15) is 5.26 Å². The van der Waals surface area contributed by atoms with E-state index in [1.54, 1.807) is 12.1 Å². The molecule has 0 atom stereocenters. The molecule has 0 amide bonds. The van der Waals surface area contributed by atoms with Crippen molar-refractivity contribution in [3.05, 3.63) is 88.2 Å². The van der Waals surface area contributed by atoms with Crippen LogP contribution in [-0.4, -0.2) is 13.3 Å². The third-order valence-electron chi connectivity index (χ3n) is 3.87. The van der Waals surface area contributed by atoms with Crippen LogP contribution in [0.15, 0.2) is 71.6 Å². The summed E-state index contributed by atoms with van der Waals surface area (Å²) >= 11 is 0. The molecule has 0 aliphatic heterocycles. The molecule has 0 bridgehead atoms. The number of anilines is 3. The monoisotopic (exact) mass is 412 g/mol. The Hall–Kier alpha value is -3.97. The second kappa shape index (κ2) is 7.95. The van der Waals surface area contributed by atoms with Gasteiger partial charge in [0.05, 0.1) is 21.1 Å². The highest BCUT2D eigenvalue weighted by Gasteiger charge is 2.14. The molecule has 0 fully saturated rings. The molecular formula is C19H13FN4O4S. The van der Waals surface area contributed by atoms with Crippen molar-refractivity contribution in [3.63, 3.8) is 0 Å². The Bertz CT molecular complexity index is 1200. The molecule has 0 aliphatic carbocycles. The lowest BCUT2D eigenvalue weighted by Crippen LogP contribution is -2.12. The molecule has 146 valence electrons. The molecule has 0 aromatic heterocycles. The van der Waals surface area contributed by atoms with Crippen LogP contribution in [0.5, 0.6) is 0 Å². The summed E-state index contributed by atoms with van der Waals surface area (Å²) in [5.74, 6) is -0.539. The summed E-state index contributed by atoms with van der Waals surface area (Å²) in [6.45, 7) is 0. The normalized spacial score (nSPS) is 10.8. The molecular weight excluding hydrogens is 399 g/mol. The van der Waals surface area contributed by atoms with Gasteiger partial charge >= 0.3 is 0 Å². The summed E-state index contributed by atoms with van der Waals surface area (Å²) in [6, 6.07) is 16.3. The van der Waals surface area contributed by atoms with Crippen LogP contribution in [-0.2, 0) is 10.0 Å². The Kier molecular flexibility index (Phi) is 5.43. The molecule has 29 heavy (non-hydrogen) atoms. The highest BCUT2D eigenvalue weighted by atomic mass is 32.2. The number of halogens is 1. The Labute approximate surface area is 165 Å². The van der Waals surface area contributed by atoms with Crippen LogP contribution in [0.4, 0.5) is 27.1 Å². The molecule has 0 radical (unpaired) electrons. The molecule has 10 heteroatoms. The molecule has 3 aromatic rings. The summed E-state index contributed by atoms with van der Waals surface area (Å²) in [5.41, 5.74) is 1.10. The van der Waals surface area contributed by atoms with Crippen molar-refractivity contribution >= 4 is 32.8 Å². The quantitative estimate of drug-likeness (QED) is 0.463. The number of nitrogens with zero attached hydrogens (tertiary/aromatic N) is 2. The van der Waals surface area contributed by atoms with Crippen molar-refractivity contribution in [1.29, 1.82) is 5.26 Å². The molecule has 3 rings (SSSR count). The van der Waals surface area contributed by atoms with Crippen molar-refractivity contribution < 1.29 is 17.7 Å². The van der Waals surface area contributed by atoms with Gasteiger partial charge in [0.25, 0.3) is 15.7 Å². The first-order valence-corrected chi connectivity index (χ1v) is 9.61. The van der Waals surface area contributed by atoms with Crippen molar-refractivity contribution in [2.75, 3.05) is 10.0 Å². The third-order valence-corrected chi connectivity index (χ3v) is 5.27. The van der Waals surface area contributed by atoms with E-state index in [4.69, 9.17) is 0 Å². The average Bonchev–Trinajstić information content (AvgIpc) is 2.69. The fourth-order valence-corrected chi connectivity index (χ4v) is 3.51. The van der Waals surface area contributed by atoms with Crippen LogP contribution in [0.3, 0.4) is 0 Å².